The molecule has 1 aliphatic rings. The van der Waals surface area contributed by atoms with E-state index >= 15 is 0 Å². The zero-order valence-electron chi connectivity index (χ0n) is 21.7. The van der Waals surface area contributed by atoms with Gasteiger partial charge in [0.05, 0.1) is 19.1 Å². The van der Waals surface area contributed by atoms with E-state index in [1.54, 1.807) is 19.1 Å². The highest BCUT2D eigenvalue weighted by molar-refractivity contribution is 7.92. The van der Waals surface area contributed by atoms with Crippen LogP contribution < -0.4 is 14.4 Å². The predicted octanol–water partition coefficient (Wildman–Crippen LogP) is 4.02. The van der Waals surface area contributed by atoms with Gasteiger partial charge in [0.2, 0.25) is 21.8 Å². The minimum Gasteiger partial charge on any atom is -0.495 e. The molecule has 2 aromatic carbocycles. The third-order valence-corrected chi connectivity index (χ3v) is 8.05. The van der Waals surface area contributed by atoms with Crippen LogP contribution in [-0.2, 0) is 26.0 Å². The first kappa shape index (κ1) is 28.8. The summed E-state index contributed by atoms with van der Waals surface area (Å²) in [6.45, 7) is 1.45. The fourth-order valence-corrected chi connectivity index (χ4v) is 5.60. The van der Waals surface area contributed by atoms with Crippen LogP contribution in [0.2, 0.25) is 5.02 Å². The van der Waals surface area contributed by atoms with E-state index in [1.165, 1.54) is 18.1 Å². The number of ether oxygens (including phenoxy) is 1. The Morgan fingerprint density at radius 1 is 1.11 bits per heavy atom. The molecule has 2 aromatic rings. The number of hydrogen-bond acceptors (Lipinski definition) is 5. The average Bonchev–Trinajstić information content (AvgIpc) is 2.87. The van der Waals surface area contributed by atoms with E-state index in [4.69, 9.17) is 16.3 Å². The van der Waals surface area contributed by atoms with Crippen LogP contribution in [0.1, 0.15) is 44.6 Å². The van der Waals surface area contributed by atoms with E-state index in [0.717, 1.165) is 48.2 Å². The maximum absolute atomic E-state index is 13.7. The summed E-state index contributed by atoms with van der Waals surface area (Å²) in [7, 11) is -2.47. The number of nitrogens with one attached hydrogen (secondary N) is 1. The largest absolute Gasteiger partial charge is 0.495 e. The third-order valence-electron chi connectivity index (χ3n) is 6.69. The molecule has 3 rings (SSSR count). The first-order valence-electron chi connectivity index (χ1n) is 12.5. The molecule has 0 aromatic heterocycles. The van der Waals surface area contributed by atoms with Gasteiger partial charge in [0, 0.05) is 17.6 Å². The molecule has 202 valence electrons. The molecular formula is C27H36ClN3O5S. The molecule has 8 nitrogen and oxygen atoms in total. The molecule has 0 radical (unpaired) electrons. The summed E-state index contributed by atoms with van der Waals surface area (Å²) in [4.78, 5) is 28.3. The van der Waals surface area contributed by atoms with Gasteiger partial charge in [0.25, 0.3) is 0 Å². The van der Waals surface area contributed by atoms with Gasteiger partial charge < -0.3 is 15.0 Å². The maximum atomic E-state index is 13.7. The van der Waals surface area contributed by atoms with E-state index in [1.807, 2.05) is 30.3 Å². The zero-order chi connectivity index (χ0) is 27.0. The van der Waals surface area contributed by atoms with Crippen molar-refractivity contribution in [3.05, 3.63) is 59.1 Å². The highest BCUT2D eigenvalue weighted by atomic mass is 35.5. The second-order valence-corrected chi connectivity index (χ2v) is 11.8. The number of methoxy groups -OCH3 is 1. The molecule has 2 amide bonds. The minimum atomic E-state index is -3.89. The van der Waals surface area contributed by atoms with Gasteiger partial charge >= 0.3 is 0 Å². The monoisotopic (exact) mass is 549 g/mol. The molecule has 0 bridgehead atoms. The van der Waals surface area contributed by atoms with Crippen molar-refractivity contribution in [2.45, 2.75) is 57.5 Å². The average molecular weight is 550 g/mol. The van der Waals surface area contributed by atoms with Crippen LogP contribution >= 0.6 is 11.6 Å². The number of benzene rings is 2. The summed E-state index contributed by atoms with van der Waals surface area (Å²) in [5, 5.41) is 3.39. The summed E-state index contributed by atoms with van der Waals surface area (Å²) in [6, 6.07) is 13.5. The molecular weight excluding hydrogens is 514 g/mol. The molecule has 10 heteroatoms. The molecule has 0 spiro atoms. The Bertz CT molecular complexity index is 1170. The number of rotatable bonds is 11. The van der Waals surface area contributed by atoms with Gasteiger partial charge in [-0.3, -0.25) is 13.9 Å². The van der Waals surface area contributed by atoms with Gasteiger partial charge in [-0.2, -0.15) is 0 Å². The molecule has 1 atom stereocenters. The number of halogens is 1. The molecule has 1 saturated carbocycles. The molecule has 0 unspecified atom stereocenters. The van der Waals surface area contributed by atoms with Gasteiger partial charge in [-0.25, -0.2) is 8.42 Å². The van der Waals surface area contributed by atoms with E-state index in [9.17, 15) is 18.0 Å². The van der Waals surface area contributed by atoms with Crippen LogP contribution in [0.15, 0.2) is 48.5 Å². The van der Waals surface area contributed by atoms with Crippen molar-refractivity contribution >= 4 is 39.1 Å². The minimum absolute atomic E-state index is 0.0954. The van der Waals surface area contributed by atoms with Crippen molar-refractivity contribution < 1.29 is 22.7 Å². The number of carbonyl (C=O) groups excluding carboxylic acids is 2. The third kappa shape index (κ3) is 8.10. The Kier molecular flexibility index (Phi) is 10.2. The molecule has 1 fully saturated rings. The van der Waals surface area contributed by atoms with Crippen molar-refractivity contribution in [3.8, 4) is 5.75 Å². The van der Waals surface area contributed by atoms with E-state index in [2.05, 4.69) is 5.32 Å². The van der Waals surface area contributed by atoms with Crippen LogP contribution in [0.3, 0.4) is 0 Å². The lowest BCUT2D eigenvalue weighted by Gasteiger charge is -2.33. The van der Waals surface area contributed by atoms with Gasteiger partial charge in [-0.05, 0) is 49.9 Å². The van der Waals surface area contributed by atoms with Crippen LogP contribution in [0.25, 0.3) is 0 Å². The molecule has 0 saturated heterocycles. The SMILES string of the molecule is COc1ccc(Cl)cc1N(CC(=O)N(CCc1ccccc1)[C@@H](C)C(=O)NC1CCCCC1)S(C)(=O)=O. The van der Waals surface area contributed by atoms with Crippen molar-refractivity contribution in [1.82, 2.24) is 10.2 Å². The summed E-state index contributed by atoms with van der Waals surface area (Å²) in [5.74, 6) is -0.462. The number of amides is 2. The summed E-state index contributed by atoms with van der Waals surface area (Å²) < 4.78 is 31.9. The lowest BCUT2D eigenvalue weighted by atomic mass is 9.95. The molecule has 0 aliphatic heterocycles. The maximum Gasteiger partial charge on any atom is 0.244 e. The van der Waals surface area contributed by atoms with Crippen LogP contribution in [0, 0.1) is 0 Å². The van der Waals surface area contributed by atoms with Gasteiger partial charge in [0.1, 0.15) is 18.3 Å². The Labute approximate surface area is 225 Å². The first-order valence-corrected chi connectivity index (χ1v) is 14.8. The normalized spacial score (nSPS) is 15.0. The van der Waals surface area contributed by atoms with Gasteiger partial charge in [0.15, 0.2) is 0 Å². The number of sulfonamides is 1. The van der Waals surface area contributed by atoms with Gasteiger partial charge in [-0.15, -0.1) is 0 Å². The van der Waals surface area contributed by atoms with Crippen molar-refractivity contribution in [1.29, 1.82) is 0 Å². The fourth-order valence-electron chi connectivity index (χ4n) is 4.59. The quantitative estimate of drug-likeness (QED) is 0.456. The highest BCUT2D eigenvalue weighted by Gasteiger charge is 2.32. The Morgan fingerprint density at radius 2 is 1.78 bits per heavy atom. The van der Waals surface area contributed by atoms with Crippen LogP contribution in [-0.4, -0.2) is 63.7 Å². The summed E-state index contributed by atoms with van der Waals surface area (Å²) in [6.07, 6.45) is 6.69. The Hall–Kier alpha value is -2.78. The van der Waals surface area contributed by atoms with Crippen LogP contribution in [0.5, 0.6) is 5.75 Å². The molecule has 1 N–H and O–H groups in total. The second kappa shape index (κ2) is 13.1. The Morgan fingerprint density at radius 3 is 2.41 bits per heavy atom. The molecule has 37 heavy (non-hydrogen) atoms. The number of carbonyl (C=O) groups is 2. The molecule has 1 aliphatic carbocycles. The first-order chi connectivity index (χ1) is 17.6. The number of hydrogen-bond donors (Lipinski definition) is 1. The van der Waals surface area contributed by atoms with Crippen molar-refractivity contribution in [2.75, 3.05) is 30.8 Å². The van der Waals surface area contributed by atoms with Crippen molar-refractivity contribution in [3.63, 3.8) is 0 Å². The number of anilines is 1. The van der Waals surface area contributed by atoms with Crippen molar-refractivity contribution in [2.24, 2.45) is 0 Å². The molecule has 0 heterocycles. The summed E-state index contributed by atoms with van der Waals surface area (Å²) >= 11 is 6.14. The second-order valence-electron chi connectivity index (χ2n) is 9.43. The van der Waals surface area contributed by atoms with E-state index < -0.39 is 28.5 Å². The van der Waals surface area contributed by atoms with Crippen LogP contribution in [0.4, 0.5) is 5.69 Å². The highest BCUT2D eigenvalue weighted by Crippen LogP contribution is 2.33. The topological polar surface area (TPSA) is 96.0 Å². The van der Waals surface area contributed by atoms with E-state index in [0.29, 0.717) is 11.4 Å². The standard InChI is InChI=1S/C27H36ClN3O5S/c1-20(27(33)29-23-12-8-5-9-13-23)30(17-16-21-10-6-4-7-11-21)26(32)19-31(37(3,34)35)24-18-22(28)14-15-25(24)36-2/h4,6-7,10-11,14-15,18,20,23H,5,8-9,12-13,16-17,19H2,1-3H3,(H,29,33)/t20-/m0/s1. The lowest BCUT2D eigenvalue weighted by molar-refractivity contribution is -0.139. The number of nitrogens with zero attached hydrogens (tertiary/aromatic N) is 2. The predicted molar refractivity (Wildman–Crippen MR) is 147 cm³/mol. The van der Waals surface area contributed by atoms with Gasteiger partial charge in [-0.1, -0.05) is 61.2 Å². The Balaban J connectivity index is 1.86. The smallest absolute Gasteiger partial charge is 0.244 e. The fraction of sp³-hybridized carbons (Fsp3) is 0.481. The summed E-state index contributed by atoms with van der Waals surface area (Å²) in [5.41, 5.74) is 1.17. The van der Waals surface area contributed by atoms with E-state index in [-0.39, 0.29) is 29.9 Å². The lowest BCUT2D eigenvalue weighted by Crippen LogP contribution is -2.53. The zero-order valence-corrected chi connectivity index (χ0v) is 23.2.